The second-order valence-corrected chi connectivity index (χ2v) is 1.76. The predicted octanol–water partition coefficient (Wildman–Crippen LogP) is -2.18. The van der Waals surface area contributed by atoms with Crippen molar-refractivity contribution < 1.29 is 39.3 Å². The Bertz CT molecular complexity index is 175. The van der Waals surface area contributed by atoms with E-state index in [1.54, 1.807) is 0 Å². The number of hydrogen-bond acceptors (Lipinski definition) is 4. The molecule has 11 heavy (non-hydrogen) atoms. The predicted molar refractivity (Wildman–Crippen MR) is 28.4 cm³/mol. The molecule has 0 aliphatic carbocycles. The fourth-order valence-corrected chi connectivity index (χ4v) is 0.355. The van der Waals surface area contributed by atoms with Crippen LogP contribution >= 0.6 is 0 Å². The van der Waals surface area contributed by atoms with E-state index in [0.717, 1.165) is 0 Å². The van der Waals surface area contributed by atoms with Gasteiger partial charge in [0, 0.05) is 5.97 Å². The van der Waals surface area contributed by atoms with E-state index in [1.807, 2.05) is 0 Å². The van der Waals surface area contributed by atoms with Gasteiger partial charge in [-0.1, -0.05) is 6.58 Å². The van der Waals surface area contributed by atoms with Gasteiger partial charge >= 0.3 is 19.5 Å². The summed E-state index contributed by atoms with van der Waals surface area (Å²) in [6.45, 7) is 3.07. The van der Waals surface area contributed by atoms with E-state index >= 15 is 0 Å². The van der Waals surface area contributed by atoms with Crippen molar-refractivity contribution in [3.8, 4) is 0 Å². The minimum Gasteiger partial charge on any atom is -0.550 e. The molecule has 0 radical (unpaired) electrons. The van der Waals surface area contributed by atoms with Gasteiger partial charge in [0.05, 0.1) is 5.97 Å². The van der Waals surface area contributed by atoms with Crippen LogP contribution in [0.4, 0.5) is 0 Å². The van der Waals surface area contributed by atoms with Crippen LogP contribution in [-0.2, 0) is 29.1 Å². The summed E-state index contributed by atoms with van der Waals surface area (Å²) in [5.74, 6) is -2.70. The maximum absolute atomic E-state index is 9.89. The molecule has 0 rings (SSSR count). The van der Waals surface area contributed by atoms with Crippen molar-refractivity contribution in [2.24, 2.45) is 0 Å². The zero-order valence-electron chi connectivity index (χ0n) is 5.96. The Kier molecular flexibility index (Phi) is 7.10. The van der Waals surface area contributed by atoms with Crippen molar-refractivity contribution in [1.82, 2.24) is 0 Å². The first kappa shape index (κ1) is 12.9. The topological polar surface area (TPSA) is 80.3 Å². The van der Waals surface area contributed by atoms with Crippen LogP contribution in [0.2, 0.25) is 0 Å². The molecule has 0 aliphatic rings. The van der Waals surface area contributed by atoms with Crippen molar-refractivity contribution >= 4 is 11.9 Å². The monoisotopic (exact) mass is 206 g/mol. The largest absolute Gasteiger partial charge is 2.00 e. The van der Waals surface area contributed by atoms with Crippen LogP contribution in [0.15, 0.2) is 12.2 Å². The molecule has 0 amide bonds. The summed E-state index contributed by atoms with van der Waals surface area (Å²) in [6, 6.07) is 0. The van der Waals surface area contributed by atoms with Gasteiger partial charge in [-0.3, -0.25) is 0 Å². The minimum atomic E-state index is -1.42. The second-order valence-electron chi connectivity index (χ2n) is 1.76. The Morgan fingerprint density at radius 1 is 1.18 bits per heavy atom. The van der Waals surface area contributed by atoms with Gasteiger partial charge in [0.1, 0.15) is 0 Å². The third kappa shape index (κ3) is 7.20. The van der Waals surface area contributed by atoms with Gasteiger partial charge in [0.15, 0.2) is 0 Å². The number of carbonyl (C=O) groups is 2. The Balaban J connectivity index is 0. The molecule has 0 unspecified atom stereocenters. The van der Waals surface area contributed by atoms with E-state index in [2.05, 4.69) is 6.58 Å². The summed E-state index contributed by atoms with van der Waals surface area (Å²) in [6.07, 6.45) is -0.447. The van der Waals surface area contributed by atoms with Gasteiger partial charge in [-0.15, -0.1) is 0 Å². The maximum Gasteiger partial charge on any atom is 2.00 e. The van der Waals surface area contributed by atoms with Crippen LogP contribution in [0.25, 0.3) is 0 Å². The molecule has 0 bridgehead atoms. The molecule has 56 valence electrons. The fourth-order valence-electron chi connectivity index (χ4n) is 0.355. The molecule has 0 heterocycles. The van der Waals surface area contributed by atoms with Crippen molar-refractivity contribution in [3.05, 3.63) is 12.2 Å². The summed E-state index contributed by atoms with van der Waals surface area (Å²) < 4.78 is 0. The second kappa shape index (κ2) is 6.04. The van der Waals surface area contributed by atoms with Gasteiger partial charge < -0.3 is 19.8 Å². The first-order valence-electron chi connectivity index (χ1n) is 2.63. The molecule has 0 spiro atoms. The van der Waals surface area contributed by atoms with Gasteiger partial charge in [-0.25, -0.2) is 0 Å². The van der Waals surface area contributed by atoms with E-state index < -0.39 is 11.9 Å². The molecule has 0 aromatic heterocycles. The third-order valence-corrected chi connectivity index (χ3v) is 0.920. The number of carbonyl (C=O) groups excluding carboxylic acids is 2. The van der Waals surface area contributed by atoms with Crippen LogP contribution in [-0.4, -0.2) is 11.9 Å². The van der Waals surface area contributed by atoms with E-state index in [-0.39, 0.29) is 37.9 Å². The summed E-state index contributed by atoms with van der Waals surface area (Å²) in [5.41, 5.74) is -0.218. The smallest absolute Gasteiger partial charge is 0.550 e. The van der Waals surface area contributed by atoms with Crippen molar-refractivity contribution in [1.29, 1.82) is 0 Å². The standard InChI is InChI=1S/C6H8O4.Zn/c1-4(6(9)10)2-3-5(7)8;/h1-3H2,(H,7,8)(H,9,10);/q;+2/p-2. The van der Waals surface area contributed by atoms with Gasteiger partial charge in [-0.05, 0) is 18.4 Å². The molecule has 4 nitrogen and oxygen atoms in total. The summed E-state index contributed by atoms with van der Waals surface area (Å²) in [5, 5.41) is 19.6. The Morgan fingerprint density at radius 3 is 1.91 bits per heavy atom. The molecular weight excluding hydrogens is 201 g/mol. The third-order valence-electron chi connectivity index (χ3n) is 0.920. The van der Waals surface area contributed by atoms with Crippen LogP contribution < -0.4 is 10.2 Å². The number of hydrogen-bond donors (Lipinski definition) is 0. The molecular formula is C6H6O4Zn. The van der Waals surface area contributed by atoms with E-state index in [0.29, 0.717) is 0 Å². The van der Waals surface area contributed by atoms with Crippen LogP contribution in [0.1, 0.15) is 12.8 Å². The molecule has 5 heteroatoms. The van der Waals surface area contributed by atoms with Gasteiger partial charge in [-0.2, -0.15) is 0 Å². The van der Waals surface area contributed by atoms with Gasteiger partial charge in [0.25, 0.3) is 0 Å². The number of carboxylic acids is 2. The summed E-state index contributed by atoms with van der Waals surface area (Å²) >= 11 is 0. The Morgan fingerprint density at radius 2 is 1.64 bits per heavy atom. The summed E-state index contributed by atoms with van der Waals surface area (Å²) in [4.78, 5) is 19.6. The van der Waals surface area contributed by atoms with Crippen LogP contribution in [0, 0.1) is 0 Å². The quantitative estimate of drug-likeness (QED) is 0.388. The normalized spacial score (nSPS) is 8.00. The molecule has 0 aromatic rings. The SMILES string of the molecule is C=C(CCC(=O)[O-])C(=O)[O-].[Zn+2]. The zero-order chi connectivity index (χ0) is 8.15. The Hall–Kier alpha value is -0.697. The first-order valence-corrected chi connectivity index (χ1v) is 2.63. The molecule has 0 N–H and O–H groups in total. The van der Waals surface area contributed by atoms with Crippen LogP contribution in [0.3, 0.4) is 0 Å². The zero-order valence-corrected chi connectivity index (χ0v) is 8.93. The first-order chi connectivity index (χ1) is 4.54. The van der Waals surface area contributed by atoms with E-state index in [4.69, 9.17) is 0 Å². The van der Waals surface area contributed by atoms with Crippen molar-refractivity contribution in [2.45, 2.75) is 12.8 Å². The Labute approximate surface area is 76.7 Å². The summed E-state index contributed by atoms with van der Waals surface area (Å²) in [7, 11) is 0. The number of aliphatic carboxylic acids is 2. The molecule has 0 atom stereocenters. The molecule has 0 saturated heterocycles. The fraction of sp³-hybridized carbons (Fsp3) is 0.333. The molecule has 0 fully saturated rings. The minimum absolute atomic E-state index is 0. The van der Waals surface area contributed by atoms with Crippen molar-refractivity contribution in [3.63, 3.8) is 0 Å². The number of rotatable bonds is 4. The molecule has 0 aromatic carbocycles. The average Bonchev–Trinajstić information content (AvgIpc) is 1.82. The van der Waals surface area contributed by atoms with E-state index in [1.165, 1.54) is 0 Å². The number of carboxylic acid groups (broad SMARTS) is 2. The van der Waals surface area contributed by atoms with E-state index in [9.17, 15) is 19.8 Å². The van der Waals surface area contributed by atoms with Crippen LogP contribution in [0.5, 0.6) is 0 Å². The molecule has 0 aliphatic heterocycles. The van der Waals surface area contributed by atoms with Gasteiger partial charge in [0.2, 0.25) is 0 Å². The maximum atomic E-state index is 9.89. The van der Waals surface area contributed by atoms with Crippen molar-refractivity contribution in [2.75, 3.05) is 0 Å². The molecule has 0 saturated carbocycles. The average molecular weight is 208 g/mol.